The van der Waals surface area contributed by atoms with E-state index in [1.165, 1.54) is 17.7 Å². The van der Waals surface area contributed by atoms with E-state index in [0.29, 0.717) is 22.5 Å². The Kier molecular flexibility index (Phi) is 6.09. The van der Waals surface area contributed by atoms with E-state index < -0.39 is 0 Å². The average Bonchev–Trinajstić information content (AvgIpc) is 3.43. The number of benzene rings is 2. The maximum atomic E-state index is 13.3. The van der Waals surface area contributed by atoms with E-state index in [2.05, 4.69) is 20.1 Å². The summed E-state index contributed by atoms with van der Waals surface area (Å²) in [7, 11) is 0. The van der Waals surface area contributed by atoms with Gasteiger partial charge in [0.15, 0.2) is 0 Å². The fourth-order valence-electron chi connectivity index (χ4n) is 5.06. The summed E-state index contributed by atoms with van der Waals surface area (Å²) in [5.41, 5.74) is 4.92. The third-order valence-electron chi connectivity index (χ3n) is 6.73. The van der Waals surface area contributed by atoms with Gasteiger partial charge in [0.25, 0.3) is 0 Å². The molecule has 3 aromatic rings. The van der Waals surface area contributed by atoms with Gasteiger partial charge in [0.1, 0.15) is 11.7 Å². The van der Waals surface area contributed by atoms with Gasteiger partial charge in [-0.2, -0.15) is 15.4 Å². The van der Waals surface area contributed by atoms with Gasteiger partial charge in [0, 0.05) is 34.7 Å². The van der Waals surface area contributed by atoms with Crippen LogP contribution < -0.4 is 0 Å². The minimum absolute atomic E-state index is 0.0714. The van der Waals surface area contributed by atoms with Crippen LogP contribution >= 0.6 is 23.2 Å². The monoisotopic (exact) mass is 481 g/mol. The van der Waals surface area contributed by atoms with Gasteiger partial charge >= 0.3 is 0 Å². The van der Waals surface area contributed by atoms with Crippen LogP contribution in [0.4, 0.5) is 4.39 Å². The number of aromatic nitrogens is 2. The summed E-state index contributed by atoms with van der Waals surface area (Å²) in [6.07, 6.45) is 8.29. The van der Waals surface area contributed by atoms with Crippen molar-refractivity contribution in [2.24, 2.45) is 10.9 Å². The van der Waals surface area contributed by atoms with Crippen molar-refractivity contribution in [1.82, 2.24) is 15.1 Å². The highest BCUT2D eigenvalue weighted by atomic mass is 35.5. The van der Waals surface area contributed by atoms with Crippen molar-refractivity contribution in [3.8, 4) is 17.3 Å². The number of halogens is 3. The molecule has 5 rings (SSSR count). The Morgan fingerprint density at radius 3 is 2.64 bits per heavy atom. The normalized spacial score (nSPS) is 21.3. The van der Waals surface area contributed by atoms with Crippen molar-refractivity contribution in [2.75, 3.05) is 6.54 Å². The summed E-state index contributed by atoms with van der Waals surface area (Å²) in [4.78, 5) is 6.53. The second kappa shape index (κ2) is 9.17. The molecule has 0 spiro atoms. The largest absolute Gasteiger partial charge is 0.356 e. The number of hydrogen-bond acceptors (Lipinski definition) is 3. The molecule has 1 saturated heterocycles. The predicted octanol–water partition coefficient (Wildman–Crippen LogP) is 5.82. The molecule has 33 heavy (non-hydrogen) atoms. The summed E-state index contributed by atoms with van der Waals surface area (Å²) in [5.74, 6) is 0.607. The van der Waals surface area contributed by atoms with E-state index in [0.717, 1.165) is 60.4 Å². The Bertz CT molecular complexity index is 1220. The first kappa shape index (κ1) is 21.9. The summed E-state index contributed by atoms with van der Waals surface area (Å²) in [6, 6.07) is 10.3. The number of aliphatic imine (C=N–C) groups is 1. The quantitative estimate of drug-likeness (QED) is 0.477. The Hall–Kier alpha value is -2.88. The molecule has 2 atom stereocenters. The van der Waals surface area contributed by atoms with Crippen molar-refractivity contribution in [2.45, 2.75) is 38.1 Å². The van der Waals surface area contributed by atoms with Crippen LogP contribution in [0.5, 0.6) is 0 Å². The zero-order chi connectivity index (χ0) is 22.9. The average molecular weight is 482 g/mol. The number of hydrogen-bond donors (Lipinski definition) is 1. The molecule has 168 valence electrons. The van der Waals surface area contributed by atoms with E-state index in [9.17, 15) is 9.65 Å². The summed E-state index contributed by atoms with van der Waals surface area (Å²) < 4.78 is 13.3. The molecule has 1 fully saturated rings. The van der Waals surface area contributed by atoms with Crippen molar-refractivity contribution in [3.63, 3.8) is 0 Å². The summed E-state index contributed by atoms with van der Waals surface area (Å²) in [6.45, 7) is 0.853. The summed E-state index contributed by atoms with van der Waals surface area (Å²) in [5, 5.41) is 17.8. The van der Waals surface area contributed by atoms with Crippen LogP contribution in [0.2, 0.25) is 10.0 Å². The number of aryl methyl sites for hydroxylation is 1. The Morgan fingerprint density at radius 1 is 1.15 bits per heavy atom. The molecule has 8 heteroatoms. The first-order valence-electron chi connectivity index (χ1n) is 11.0. The molecular weight excluding hydrogens is 460 g/mol. The van der Waals surface area contributed by atoms with Crippen molar-refractivity contribution >= 4 is 29.0 Å². The molecule has 2 unspecified atom stereocenters. The first-order chi connectivity index (χ1) is 16.0. The van der Waals surface area contributed by atoms with Gasteiger partial charge in [-0.15, -0.1) is 0 Å². The van der Waals surface area contributed by atoms with Crippen molar-refractivity contribution in [1.29, 1.82) is 5.26 Å². The number of rotatable bonds is 4. The van der Waals surface area contributed by atoms with E-state index in [1.807, 2.05) is 24.5 Å². The number of amidine groups is 1. The fourth-order valence-corrected chi connectivity index (χ4v) is 5.70. The lowest BCUT2D eigenvalue weighted by molar-refractivity contribution is 0.303. The van der Waals surface area contributed by atoms with Crippen LogP contribution in [0.3, 0.4) is 0 Å². The second-order valence-corrected chi connectivity index (χ2v) is 9.45. The van der Waals surface area contributed by atoms with Crippen LogP contribution in [-0.4, -0.2) is 33.5 Å². The zero-order valence-corrected chi connectivity index (χ0v) is 19.4. The number of H-pyrrole nitrogens is 1. The minimum atomic E-state index is -0.287. The van der Waals surface area contributed by atoms with Gasteiger partial charge in [-0.1, -0.05) is 35.3 Å². The molecule has 5 nitrogen and oxygen atoms in total. The molecule has 2 heterocycles. The lowest BCUT2D eigenvalue weighted by atomic mass is 9.92. The third kappa shape index (κ3) is 4.36. The van der Waals surface area contributed by atoms with Crippen molar-refractivity contribution in [3.05, 3.63) is 75.3 Å². The minimum Gasteiger partial charge on any atom is -0.356 e. The lowest BCUT2D eigenvalue weighted by Crippen LogP contribution is -2.41. The molecule has 1 aliphatic heterocycles. The van der Waals surface area contributed by atoms with Crippen LogP contribution in [0.25, 0.3) is 11.1 Å². The second-order valence-electron chi connectivity index (χ2n) is 8.63. The number of nitriles is 1. The highest BCUT2D eigenvalue weighted by Crippen LogP contribution is 2.37. The van der Waals surface area contributed by atoms with Gasteiger partial charge < -0.3 is 4.90 Å². The van der Waals surface area contributed by atoms with E-state index in [1.54, 1.807) is 12.1 Å². The smallest absolute Gasteiger partial charge is 0.207 e. The number of fused-ring (bicyclic) bond motifs is 1. The molecule has 1 N–H and O–H groups in total. The number of likely N-dealkylation sites (tertiary alicyclic amines) is 1. The Balaban J connectivity index is 1.37. The van der Waals surface area contributed by atoms with Gasteiger partial charge in [0.2, 0.25) is 6.19 Å². The highest BCUT2D eigenvalue weighted by Gasteiger charge is 2.36. The molecule has 1 aromatic heterocycles. The molecule has 2 aromatic carbocycles. The lowest BCUT2D eigenvalue weighted by Gasteiger charge is -2.32. The summed E-state index contributed by atoms with van der Waals surface area (Å²) >= 11 is 13.3. The molecule has 0 radical (unpaired) electrons. The van der Waals surface area contributed by atoms with Crippen LogP contribution in [0, 0.1) is 23.2 Å². The number of nitrogens with zero attached hydrogens (tertiary/aromatic N) is 4. The maximum Gasteiger partial charge on any atom is 0.207 e. The van der Waals surface area contributed by atoms with E-state index in [4.69, 9.17) is 23.2 Å². The molecule has 1 aliphatic carbocycles. The molecule has 0 amide bonds. The SMILES string of the molecule is N#CN=C1C(Cc2c(Cl)cc(-c3ccc(F)cc3)cc2Cl)CCN1C1CCc2n[nH]cc2C1. The zero-order valence-electron chi connectivity index (χ0n) is 17.9. The highest BCUT2D eigenvalue weighted by molar-refractivity contribution is 6.36. The van der Waals surface area contributed by atoms with Gasteiger partial charge in [0.05, 0.1) is 5.69 Å². The number of nitrogens with one attached hydrogen (secondary N) is 1. The molecule has 0 saturated carbocycles. The molecular formula is C25H22Cl2FN5. The third-order valence-corrected chi connectivity index (χ3v) is 7.41. The predicted molar refractivity (Wildman–Crippen MR) is 128 cm³/mol. The maximum absolute atomic E-state index is 13.3. The topological polar surface area (TPSA) is 68.1 Å². The van der Waals surface area contributed by atoms with Crippen LogP contribution in [-0.2, 0) is 19.3 Å². The van der Waals surface area contributed by atoms with Gasteiger partial charge in [-0.3, -0.25) is 5.10 Å². The first-order valence-corrected chi connectivity index (χ1v) is 11.8. The van der Waals surface area contributed by atoms with E-state index in [-0.39, 0.29) is 11.7 Å². The molecule has 0 bridgehead atoms. The Labute approximate surface area is 201 Å². The number of aromatic amines is 1. The van der Waals surface area contributed by atoms with Crippen LogP contribution in [0.1, 0.15) is 29.7 Å². The van der Waals surface area contributed by atoms with Crippen molar-refractivity contribution < 1.29 is 4.39 Å². The fraction of sp³-hybridized carbons (Fsp3) is 0.320. The van der Waals surface area contributed by atoms with Gasteiger partial charge in [-0.05, 0) is 78.6 Å². The Morgan fingerprint density at radius 2 is 1.91 bits per heavy atom. The van der Waals surface area contributed by atoms with E-state index >= 15 is 0 Å². The van der Waals surface area contributed by atoms with Gasteiger partial charge in [-0.25, -0.2) is 4.39 Å². The standard InChI is InChI=1S/C25H22Cl2FN5/c26-22-11-17(15-1-3-19(28)4-2-15)12-23(27)21(22)10-16-7-8-33(25(16)30-14-29)20-5-6-24-18(9-20)13-31-32-24/h1-4,11-13,16,20H,5-10H2,(H,31,32). The molecule has 2 aliphatic rings. The van der Waals surface area contributed by atoms with Crippen LogP contribution in [0.15, 0.2) is 47.6 Å².